The predicted octanol–water partition coefficient (Wildman–Crippen LogP) is 5.30. The number of carbonyl (C=O) groups is 1. The minimum absolute atomic E-state index is 0.0790. The van der Waals surface area contributed by atoms with Crippen molar-refractivity contribution in [3.05, 3.63) is 103 Å². The van der Waals surface area contributed by atoms with Crippen LogP contribution in [0.3, 0.4) is 0 Å². The first-order valence-corrected chi connectivity index (χ1v) is 14.2. The lowest BCUT2D eigenvalue weighted by atomic mass is 10.2. The average Bonchev–Trinajstić information content (AvgIpc) is 3.37. The van der Waals surface area contributed by atoms with Crippen LogP contribution in [0.15, 0.2) is 97.1 Å². The number of ether oxygens (including phenoxy) is 1. The van der Waals surface area contributed by atoms with E-state index in [1.54, 1.807) is 11.1 Å². The zero-order chi connectivity index (χ0) is 27.1. The van der Waals surface area contributed by atoms with E-state index in [0.29, 0.717) is 34.3 Å². The van der Waals surface area contributed by atoms with Gasteiger partial charge in [-0.15, -0.1) is 13.2 Å². The zero-order valence-corrected chi connectivity index (χ0v) is 22.6. The van der Waals surface area contributed by atoms with Gasteiger partial charge in [-0.3, -0.25) is 14.7 Å². The van der Waals surface area contributed by atoms with Crippen LogP contribution in [0.4, 0.5) is 5.13 Å². The van der Waals surface area contributed by atoms with Crippen molar-refractivity contribution in [3.8, 4) is 5.75 Å². The van der Waals surface area contributed by atoms with Crippen molar-refractivity contribution < 1.29 is 17.9 Å². The summed E-state index contributed by atoms with van der Waals surface area (Å²) in [5.41, 5.74) is 1.69. The number of aromatic nitrogens is 2. The molecule has 1 amide bonds. The molecule has 8 nitrogen and oxygen atoms in total. The molecule has 10 heteroatoms. The molecule has 0 bridgehead atoms. The van der Waals surface area contributed by atoms with E-state index in [0.717, 1.165) is 4.70 Å². The summed E-state index contributed by atoms with van der Waals surface area (Å²) in [6, 6.07) is 17.1. The molecule has 2 aromatic heterocycles. The van der Waals surface area contributed by atoms with Gasteiger partial charge in [0.25, 0.3) is 5.91 Å². The third kappa shape index (κ3) is 5.83. The molecule has 0 saturated heterocycles. The van der Waals surface area contributed by atoms with Gasteiger partial charge in [0.15, 0.2) is 5.13 Å². The highest BCUT2D eigenvalue weighted by atomic mass is 32.2. The normalized spacial score (nSPS) is 11.4. The van der Waals surface area contributed by atoms with Crippen molar-refractivity contribution in [2.75, 3.05) is 24.6 Å². The molecule has 38 heavy (non-hydrogen) atoms. The fourth-order valence-electron chi connectivity index (χ4n) is 3.81. The van der Waals surface area contributed by atoms with Crippen molar-refractivity contribution >= 4 is 42.6 Å². The van der Waals surface area contributed by atoms with E-state index in [1.807, 2.05) is 43.3 Å². The summed E-state index contributed by atoms with van der Waals surface area (Å²) in [4.78, 5) is 24.5. The van der Waals surface area contributed by atoms with E-state index in [-0.39, 0.29) is 30.4 Å². The lowest BCUT2D eigenvalue weighted by Gasteiger charge is -2.21. The van der Waals surface area contributed by atoms with Crippen LogP contribution in [-0.4, -0.2) is 48.3 Å². The first-order valence-electron chi connectivity index (χ1n) is 11.9. The van der Waals surface area contributed by atoms with Crippen molar-refractivity contribution in [2.24, 2.45) is 0 Å². The Kier molecular flexibility index (Phi) is 8.67. The maximum atomic E-state index is 13.8. The van der Waals surface area contributed by atoms with Gasteiger partial charge in [-0.25, -0.2) is 13.4 Å². The molecule has 4 aromatic rings. The number of hydrogen-bond donors (Lipinski definition) is 0. The average molecular weight is 549 g/mol. The minimum atomic E-state index is -3.78. The molecule has 0 aliphatic carbocycles. The van der Waals surface area contributed by atoms with E-state index in [4.69, 9.17) is 9.72 Å². The Bertz CT molecular complexity index is 1520. The summed E-state index contributed by atoms with van der Waals surface area (Å²) in [5.74, 6) is 0.321. The quantitative estimate of drug-likeness (QED) is 0.223. The van der Waals surface area contributed by atoms with Crippen molar-refractivity contribution in [3.63, 3.8) is 0 Å². The Balaban J connectivity index is 1.70. The van der Waals surface area contributed by atoms with Gasteiger partial charge in [-0.2, -0.15) is 4.31 Å². The molecule has 2 aromatic carbocycles. The van der Waals surface area contributed by atoms with Gasteiger partial charge in [0.2, 0.25) is 10.0 Å². The topological polar surface area (TPSA) is 92.7 Å². The number of hydrogen-bond acceptors (Lipinski definition) is 7. The highest BCUT2D eigenvalue weighted by Crippen LogP contribution is 2.35. The maximum Gasteiger partial charge on any atom is 0.260 e. The molecule has 0 unspecified atom stereocenters. The number of nitrogens with zero attached hydrogens (tertiary/aromatic N) is 4. The second kappa shape index (κ2) is 12.1. The van der Waals surface area contributed by atoms with Crippen LogP contribution in [0, 0.1) is 0 Å². The van der Waals surface area contributed by atoms with Crippen LogP contribution in [0.2, 0.25) is 0 Å². The second-order valence-corrected chi connectivity index (χ2v) is 11.1. The second-order valence-electron chi connectivity index (χ2n) is 8.17. The maximum absolute atomic E-state index is 13.8. The molecule has 0 saturated carbocycles. The Morgan fingerprint density at radius 2 is 1.76 bits per heavy atom. The molecule has 4 rings (SSSR count). The molecule has 0 atom stereocenters. The van der Waals surface area contributed by atoms with Gasteiger partial charge < -0.3 is 4.74 Å². The van der Waals surface area contributed by atoms with Gasteiger partial charge in [0, 0.05) is 24.8 Å². The van der Waals surface area contributed by atoms with Crippen LogP contribution in [0.1, 0.15) is 23.0 Å². The van der Waals surface area contributed by atoms with E-state index in [2.05, 4.69) is 18.1 Å². The van der Waals surface area contributed by atoms with Crippen LogP contribution < -0.4 is 9.64 Å². The molecule has 0 N–H and O–H groups in total. The predicted molar refractivity (Wildman–Crippen MR) is 151 cm³/mol. The van der Waals surface area contributed by atoms with Crippen molar-refractivity contribution in [1.29, 1.82) is 0 Å². The molecule has 0 aliphatic heterocycles. The van der Waals surface area contributed by atoms with Gasteiger partial charge >= 0.3 is 0 Å². The van der Waals surface area contributed by atoms with Crippen LogP contribution in [0.5, 0.6) is 5.75 Å². The van der Waals surface area contributed by atoms with Crippen molar-refractivity contribution in [2.45, 2.75) is 18.4 Å². The van der Waals surface area contributed by atoms with E-state index < -0.39 is 10.0 Å². The number of sulfonamides is 1. The zero-order valence-electron chi connectivity index (χ0n) is 21.0. The summed E-state index contributed by atoms with van der Waals surface area (Å²) in [7, 11) is -3.78. The third-order valence-corrected chi connectivity index (χ3v) is 8.49. The van der Waals surface area contributed by atoms with Crippen LogP contribution in [0.25, 0.3) is 10.2 Å². The van der Waals surface area contributed by atoms with Gasteiger partial charge in [0.1, 0.15) is 11.3 Å². The van der Waals surface area contributed by atoms with Crippen LogP contribution in [-0.2, 0) is 16.6 Å². The third-order valence-electron chi connectivity index (χ3n) is 5.60. The Morgan fingerprint density at radius 1 is 1.03 bits per heavy atom. The lowest BCUT2D eigenvalue weighted by molar-refractivity contribution is 0.0984. The number of carbonyl (C=O) groups excluding carboxylic acids is 1. The number of para-hydroxylation sites is 1. The molecular formula is C28H28N4O4S2. The van der Waals surface area contributed by atoms with Gasteiger partial charge in [0.05, 0.1) is 28.4 Å². The molecule has 2 heterocycles. The highest BCUT2D eigenvalue weighted by molar-refractivity contribution is 7.89. The number of rotatable bonds is 12. The first kappa shape index (κ1) is 27.2. The Labute approximate surface area is 226 Å². The number of thiazole rings is 1. The molecule has 0 fully saturated rings. The van der Waals surface area contributed by atoms with Gasteiger partial charge in [-0.05, 0) is 55.5 Å². The van der Waals surface area contributed by atoms with Gasteiger partial charge in [-0.1, -0.05) is 35.6 Å². The Hall–Kier alpha value is -3.86. The SMILES string of the molecule is C=CCN(CC=C)S(=O)(=O)c1ccc(C(=O)N(Cc2ccccn2)c2nc3c(OCC)cccc3s2)cc1. The smallest absolute Gasteiger partial charge is 0.260 e. The lowest BCUT2D eigenvalue weighted by Crippen LogP contribution is -2.32. The summed E-state index contributed by atoms with van der Waals surface area (Å²) in [6.07, 6.45) is 4.70. The van der Waals surface area contributed by atoms with Crippen molar-refractivity contribution in [1.82, 2.24) is 14.3 Å². The molecule has 0 aliphatic rings. The summed E-state index contributed by atoms with van der Waals surface area (Å²) < 4.78 is 34.0. The van der Waals surface area contributed by atoms with E-state index in [1.165, 1.54) is 52.1 Å². The number of amides is 1. The van der Waals surface area contributed by atoms with E-state index >= 15 is 0 Å². The summed E-state index contributed by atoms with van der Waals surface area (Å²) in [6.45, 7) is 10.1. The molecule has 0 radical (unpaired) electrons. The minimum Gasteiger partial charge on any atom is -0.492 e. The monoisotopic (exact) mass is 548 g/mol. The fourth-order valence-corrected chi connectivity index (χ4v) is 6.17. The van der Waals surface area contributed by atoms with Crippen LogP contribution >= 0.6 is 11.3 Å². The number of pyridine rings is 1. The molecular weight excluding hydrogens is 520 g/mol. The summed E-state index contributed by atoms with van der Waals surface area (Å²) in [5, 5.41) is 0.489. The summed E-state index contributed by atoms with van der Waals surface area (Å²) >= 11 is 1.37. The highest BCUT2D eigenvalue weighted by Gasteiger charge is 2.26. The molecule has 0 spiro atoms. The van der Waals surface area contributed by atoms with E-state index in [9.17, 15) is 13.2 Å². The molecule has 196 valence electrons. The standard InChI is InChI=1S/C28H28N4O4S2/c1-4-18-31(19-5-2)38(34,35)23-15-13-21(14-16-23)27(33)32(20-22-10-7-8-17-29-22)28-30-26-24(36-6-3)11-9-12-25(26)37-28/h4-5,7-17H,1-2,6,18-20H2,3H3. The fraction of sp³-hybridized carbons (Fsp3) is 0.179. The number of anilines is 1. The first-order chi connectivity index (χ1) is 18.4. The number of fused-ring (bicyclic) bond motifs is 1. The number of benzene rings is 2. The Morgan fingerprint density at radius 3 is 2.39 bits per heavy atom. The largest absolute Gasteiger partial charge is 0.492 e.